The van der Waals surface area contributed by atoms with Crippen molar-refractivity contribution in [3.8, 4) is 17.1 Å². The van der Waals surface area contributed by atoms with E-state index in [4.69, 9.17) is 15.5 Å². The Morgan fingerprint density at radius 1 is 1.05 bits per heavy atom. The molecule has 0 amide bonds. The van der Waals surface area contributed by atoms with Crippen molar-refractivity contribution in [2.45, 2.75) is 62.9 Å². The Balaban J connectivity index is 1.44. The highest BCUT2D eigenvalue weighted by atomic mass is 32.2. The Morgan fingerprint density at radius 2 is 1.82 bits per heavy atom. The normalized spacial score (nSPS) is 17.6. The van der Waals surface area contributed by atoms with E-state index in [-0.39, 0.29) is 22.6 Å². The van der Waals surface area contributed by atoms with Gasteiger partial charge in [-0.25, -0.2) is 23.4 Å². The standard InChI is InChI=1S/C28H33N7O3S/c1-4-18-13-19(14-20-15-31-28(34-25(18)20)32-22-11-9-21(29)10-12-22)26-27(38-3)33-24(16-30-26)35-39(36,37)23-8-6-5-7-17(23)2/h5-8,13-16,21-22H,4,9-12,29H2,1-3H3,(H,33,35)(H,31,32,34). The van der Waals surface area contributed by atoms with Crippen molar-refractivity contribution in [2.24, 2.45) is 5.73 Å². The summed E-state index contributed by atoms with van der Waals surface area (Å²) in [5, 5.41) is 4.34. The molecule has 0 spiro atoms. The molecular weight excluding hydrogens is 514 g/mol. The first kappa shape index (κ1) is 26.8. The predicted molar refractivity (Wildman–Crippen MR) is 152 cm³/mol. The molecule has 1 aliphatic carbocycles. The van der Waals surface area contributed by atoms with Crippen molar-refractivity contribution < 1.29 is 13.2 Å². The summed E-state index contributed by atoms with van der Waals surface area (Å²) in [5.41, 5.74) is 9.86. The van der Waals surface area contributed by atoms with Crippen LogP contribution in [0.1, 0.15) is 43.7 Å². The molecule has 2 aromatic heterocycles. The average Bonchev–Trinajstić information content (AvgIpc) is 2.93. The van der Waals surface area contributed by atoms with Crippen LogP contribution in [0.25, 0.3) is 22.2 Å². The molecule has 2 aromatic carbocycles. The van der Waals surface area contributed by atoms with Crippen LogP contribution in [0.15, 0.2) is 53.7 Å². The van der Waals surface area contributed by atoms with Crippen LogP contribution in [-0.4, -0.2) is 47.5 Å². The van der Waals surface area contributed by atoms with Crippen molar-refractivity contribution in [1.82, 2.24) is 19.9 Å². The first-order valence-electron chi connectivity index (χ1n) is 13.1. The lowest BCUT2D eigenvalue weighted by Gasteiger charge is -2.26. The van der Waals surface area contributed by atoms with Crippen molar-refractivity contribution in [2.75, 3.05) is 17.1 Å². The number of nitrogens with zero attached hydrogens (tertiary/aromatic N) is 4. The molecule has 0 aliphatic heterocycles. The second kappa shape index (κ2) is 11.1. The summed E-state index contributed by atoms with van der Waals surface area (Å²) >= 11 is 0. The zero-order valence-corrected chi connectivity index (χ0v) is 23.1. The van der Waals surface area contributed by atoms with E-state index in [1.54, 1.807) is 31.2 Å². The van der Waals surface area contributed by atoms with Crippen LogP contribution >= 0.6 is 0 Å². The van der Waals surface area contributed by atoms with E-state index in [1.807, 2.05) is 18.3 Å². The summed E-state index contributed by atoms with van der Waals surface area (Å²) in [4.78, 5) is 18.5. The smallest absolute Gasteiger partial charge is 0.263 e. The van der Waals surface area contributed by atoms with Gasteiger partial charge in [0.1, 0.15) is 5.69 Å². The third-order valence-corrected chi connectivity index (χ3v) is 8.59. The number of nitrogens with two attached hydrogens (primary N) is 1. The van der Waals surface area contributed by atoms with E-state index < -0.39 is 10.0 Å². The number of hydrogen-bond donors (Lipinski definition) is 3. The minimum absolute atomic E-state index is 0.0677. The van der Waals surface area contributed by atoms with Gasteiger partial charge in [0.25, 0.3) is 10.0 Å². The van der Waals surface area contributed by atoms with E-state index in [0.29, 0.717) is 23.2 Å². The number of aromatic nitrogens is 4. The Labute approximate surface area is 228 Å². The second-order valence-electron chi connectivity index (χ2n) is 9.86. The van der Waals surface area contributed by atoms with Crippen molar-refractivity contribution in [3.63, 3.8) is 0 Å². The Morgan fingerprint density at radius 3 is 2.54 bits per heavy atom. The number of methoxy groups -OCH3 is 1. The molecule has 2 heterocycles. The van der Waals surface area contributed by atoms with Crippen molar-refractivity contribution in [3.05, 3.63) is 59.9 Å². The van der Waals surface area contributed by atoms with Crippen molar-refractivity contribution >= 4 is 32.7 Å². The maximum absolute atomic E-state index is 12.9. The van der Waals surface area contributed by atoms with Gasteiger partial charge in [-0.1, -0.05) is 25.1 Å². The van der Waals surface area contributed by atoms with E-state index in [1.165, 1.54) is 13.3 Å². The van der Waals surface area contributed by atoms with Gasteiger partial charge in [-0.15, -0.1) is 0 Å². The van der Waals surface area contributed by atoms with Crippen LogP contribution in [0.2, 0.25) is 0 Å². The number of ether oxygens (including phenoxy) is 1. The molecule has 1 fully saturated rings. The zero-order valence-electron chi connectivity index (χ0n) is 22.3. The fraction of sp³-hybridized carbons (Fsp3) is 0.357. The quantitative estimate of drug-likeness (QED) is 0.291. The number of anilines is 2. The molecule has 11 heteroatoms. The number of rotatable bonds is 8. The monoisotopic (exact) mass is 547 g/mol. The molecule has 1 aliphatic rings. The van der Waals surface area contributed by atoms with Gasteiger partial charge in [-0.2, -0.15) is 4.98 Å². The molecule has 1 saturated carbocycles. The van der Waals surface area contributed by atoms with Gasteiger partial charge in [0.05, 0.1) is 23.7 Å². The number of benzene rings is 2. The predicted octanol–water partition coefficient (Wildman–Crippen LogP) is 4.45. The lowest BCUT2D eigenvalue weighted by molar-refractivity contribution is 0.398. The minimum atomic E-state index is -3.84. The molecule has 0 radical (unpaired) electrons. The SMILES string of the molecule is CCc1cc(-c2ncc(NS(=O)(=O)c3ccccc3C)nc2OC)cc2cnc(NC3CCC(N)CC3)nc12. The molecule has 4 N–H and O–H groups in total. The number of sulfonamides is 1. The summed E-state index contributed by atoms with van der Waals surface area (Å²) in [5.74, 6) is 0.891. The average molecular weight is 548 g/mol. The Kier molecular flexibility index (Phi) is 7.62. The number of fused-ring (bicyclic) bond motifs is 1. The van der Waals surface area contributed by atoms with Crippen LogP contribution < -0.4 is 20.5 Å². The van der Waals surface area contributed by atoms with Crippen LogP contribution in [0, 0.1) is 6.92 Å². The van der Waals surface area contributed by atoms with Gasteiger partial charge in [-0.05, 0) is 68.4 Å². The maximum Gasteiger partial charge on any atom is 0.263 e. The molecule has 4 aromatic rings. The van der Waals surface area contributed by atoms with E-state index in [9.17, 15) is 8.42 Å². The molecule has 0 saturated heterocycles. The van der Waals surface area contributed by atoms with Gasteiger partial charge >= 0.3 is 0 Å². The summed E-state index contributed by atoms with van der Waals surface area (Å²) in [6.07, 6.45) is 7.99. The van der Waals surface area contributed by atoms with Gasteiger partial charge in [-0.3, -0.25) is 4.72 Å². The zero-order chi connectivity index (χ0) is 27.6. The van der Waals surface area contributed by atoms with Crippen LogP contribution in [-0.2, 0) is 16.4 Å². The van der Waals surface area contributed by atoms with E-state index in [0.717, 1.165) is 54.1 Å². The highest BCUT2D eigenvalue weighted by Gasteiger charge is 2.21. The summed E-state index contributed by atoms with van der Waals surface area (Å²) in [7, 11) is -2.36. The molecule has 39 heavy (non-hydrogen) atoms. The molecule has 0 unspecified atom stereocenters. The van der Waals surface area contributed by atoms with E-state index >= 15 is 0 Å². The van der Waals surface area contributed by atoms with Gasteiger partial charge in [0.2, 0.25) is 11.8 Å². The highest BCUT2D eigenvalue weighted by molar-refractivity contribution is 7.92. The van der Waals surface area contributed by atoms with Gasteiger partial charge in [0, 0.05) is 29.2 Å². The fourth-order valence-corrected chi connectivity index (χ4v) is 6.19. The molecule has 5 rings (SSSR count). The fourth-order valence-electron chi connectivity index (χ4n) is 4.95. The Hall–Kier alpha value is -3.83. The molecule has 10 nitrogen and oxygen atoms in total. The van der Waals surface area contributed by atoms with Crippen LogP contribution in [0.5, 0.6) is 5.88 Å². The Bertz CT molecular complexity index is 1600. The van der Waals surface area contributed by atoms with Crippen molar-refractivity contribution in [1.29, 1.82) is 0 Å². The van der Waals surface area contributed by atoms with Crippen LogP contribution in [0.4, 0.5) is 11.8 Å². The lowest BCUT2D eigenvalue weighted by Crippen LogP contribution is -2.33. The second-order valence-corrected chi connectivity index (χ2v) is 11.5. The summed E-state index contributed by atoms with van der Waals surface area (Å²) in [6.45, 7) is 3.81. The lowest BCUT2D eigenvalue weighted by atomic mass is 9.92. The first-order valence-corrected chi connectivity index (χ1v) is 14.6. The number of aryl methyl sites for hydroxylation is 2. The third-order valence-electron chi connectivity index (χ3n) is 7.08. The highest BCUT2D eigenvalue weighted by Crippen LogP contribution is 2.32. The summed E-state index contributed by atoms with van der Waals surface area (Å²) in [6, 6.07) is 11.3. The maximum atomic E-state index is 12.9. The number of hydrogen-bond acceptors (Lipinski definition) is 9. The molecule has 0 bridgehead atoms. The van der Waals surface area contributed by atoms with E-state index in [2.05, 4.69) is 31.9 Å². The largest absolute Gasteiger partial charge is 0.479 e. The first-order chi connectivity index (χ1) is 18.8. The topological polar surface area (TPSA) is 145 Å². The minimum Gasteiger partial charge on any atom is -0.479 e. The van der Waals surface area contributed by atoms with Crippen LogP contribution in [0.3, 0.4) is 0 Å². The van der Waals surface area contributed by atoms with Gasteiger partial charge in [0.15, 0.2) is 5.82 Å². The summed E-state index contributed by atoms with van der Waals surface area (Å²) < 4.78 is 33.9. The molecule has 204 valence electrons. The van der Waals surface area contributed by atoms with Gasteiger partial charge < -0.3 is 15.8 Å². The number of nitrogens with one attached hydrogen (secondary N) is 2. The third kappa shape index (κ3) is 5.79. The molecule has 0 atom stereocenters. The molecular formula is C28H33N7O3S.